The molecule has 196 valence electrons. The molecule has 1 aliphatic heterocycles. The molecule has 2 unspecified atom stereocenters. The van der Waals surface area contributed by atoms with Gasteiger partial charge in [-0.2, -0.15) is 13.2 Å². The lowest BCUT2D eigenvalue weighted by Gasteiger charge is -2.38. The summed E-state index contributed by atoms with van der Waals surface area (Å²) in [4.78, 5) is 17.9. The van der Waals surface area contributed by atoms with Gasteiger partial charge in [-0.15, -0.1) is 0 Å². The van der Waals surface area contributed by atoms with E-state index in [1.807, 2.05) is 32.9 Å². The van der Waals surface area contributed by atoms with Crippen molar-refractivity contribution in [3.8, 4) is 0 Å². The average Bonchev–Trinajstić information content (AvgIpc) is 2.78. The van der Waals surface area contributed by atoms with Gasteiger partial charge >= 0.3 is 6.18 Å². The summed E-state index contributed by atoms with van der Waals surface area (Å²) in [7, 11) is 0. The van der Waals surface area contributed by atoms with E-state index in [0.717, 1.165) is 37.1 Å². The highest BCUT2D eigenvalue weighted by Gasteiger charge is 2.41. The van der Waals surface area contributed by atoms with Crippen molar-refractivity contribution in [2.45, 2.75) is 90.3 Å². The summed E-state index contributed by atoms with van der Waals surface area (Å²) in [6.07, 6.45) is 5.32. The van der Waals surface area contributed by atoms with Crippen LogP contribution in [0.3, 0.4) is 0 Å². The maximum Gasteiger partial charge on any atom is 0.412 e. The summed E-state index contributed by atoms with van der Waals surface area (Å²) in [5, 5.41) is 0. The third kappa shape index (κ3) is 10.5. The Morgan fingerprint density at radius 2 is 1.97 bits per heavy atom. The number of hydrogen-bond acceptors (Lipinski definition) is 2. The van der Waals surface area contributed by atoms with Crippen molar-refractivity contribution < 1.29 is 26.7 Å². The number of Topliss-reactive ketones (excluding diaryl/α,β-unsaturated/α-hetero) is 1. The lowest BCUT2D eigenvalue weighted by molar-refractivity contribution is -0.124. The molecule has 0 radical (unpaired) electrons. The quantitative estimate of drug-likeness (QED) is 0.114. The molecule has 0 spiro atoms. The van der Waals surface area contributed by atoms with Crippen LogP contribution >= 0.6 is 0 Å². The molecule has 1 heterocycles. The summed E-state index contributed by atoms with van der Waals surface area (Å²) >= 11 is 0. The van der Waals surface area contributed by atoms with Gasteiger partial charge < -0.3 is 0 Å². The van der Waals surface area contributed by atoms with Crippen molar-refractivity contribution in [3.63, 3.8) is 0 Å². The van der Waals surface area contributed by atoms with E-state index in [1.165, 1.54) is 0 Å². The van der Waals surface area contributed by atoms with Gasteiger partial charge in [-0.3, -0.25) is 9.79 Å². The van der Waals surface area contributed by atoms with Gasteiger partial charge in [0.1, 0.15) is 17.4 Å². The van der Waals surface area contributed by atoms with Gasteiger partial charge in [0.2, 0.25) is 0 Å². The second-order valence-electron chi connectivity index (χ2n) is 9.38. The number of carbonyl (C=O) groups is 1. The van der Waals surface area contributed by atoms with Gasteiger partial charge in [0.15, 0.2) is 0 Å². The zero-order valence-electron chi connectivity index (χ0n) is 21.1. The Labute approximate surface area is 206 Å². The first kappa shape index (κ1) is 30.7. The molecule has 0 saturated carbocycles. The first-order valence-corrected chi connectivity index (χ1v) is 12.2. The van der Waals surface area contributed by atoms with Gasteiger partial charge in [0.25, 0.3) is 0 Å². The molecule has 2 nitrogen and oxygen atoms in total. The van der Waals surface area contributed by atoms with Crippen LogP contribution in [0.4, 0.5) is 22.0 Å². The number of halogens is 5. The fourth-order valence-electron chi connectivity index (χ4n) is 4.14. The molecule has 0 fully saturated rings. The van der Waals surface area contributed by atoms with Crippen LogP contribution in [0.15, 0.2) is 65.8 Å². The van der Waals surface area contributed by atoms with Crippen LogP contribution in [0, 0.1) is 11.8 Å². The van der Waals surface area contributed by atoms with Gasteiger partial charge in [0.05, 0.1) is 5.54 Å². The smallest absolute Gasteiger partial charge is 0.299 e. The van der Waals surface area contributed by atoms with E-state index in [-0.39, 0.29) is 37.4 Å². The van der Waals surface area contributed by atoms with Gasteiger partial charge in [0, 0.05) is 35.6 Å². The molecular formula is C28H38F5NO. The Hall–Kier alpha value is -2.31. The number of nitrogens with zero attached hydrogens (tertiary/aromatic N) is 1. The average molecular weight is 500 g/mol. The molecule has 35 heavy (non-hydrogen) atoms. The van der Waals surface area contributed by atoms with E-state index in [2.05, 4.69) is 13.2 Å². The number of unbranched alkanes of at least 4 members (excludes halogenated alkanes) is 2. The number of ketones is 1. The lowest BCUT2D eigenvalue weighted by Crippen LogP contribution is -2.41. The van der Waals surface area contributed by atoms with Crippen LogP contribution in [0.5, 0.6) is 0 Å². The van der Waals surface area contributed by atoms with Crippen molar-refractivity contribution in [1.29, 1.82) is 0 Å². The first-order valence-electron chi connectivity index (χ1n) is 12.2. The summed E-state index contributed by atoms with van der Waals surface area (Å²) in [6.45, 7) is 12.1. The van der Waals surface area contributed by atoms with Crippen molar-refractivity contribution in [1.82, 2.24) is 0 Å². The maximum atomic E-state index is 14.5. The highest BCUT2D eigenvalue weighted by atomic mass is 19.4. The molecule has 0 N–H and O–H groups in total. The van der Waals surface area contributed by atoms with E-state index in [0.29, 0.717) is 18.9 Å². The van der Waals surface area contributed by atoms with E-state index in [4.69, 9.17) is 4.99 Å². The lowest BCUT2D eigenvalue weighted by atomic mass is 9.72. The van der Waals surface area contributed by atoms with Gasteiger partial charge in [-0.25, -0.2) is 8.78 Å². The Morgan fingerprint density at radius 3 is 2.57 bits per heavy atom. The molecule has 0 aromatic heterocycles. The highest BCUT2D eigenvalue weighted by molar-refractivity contribution is 5.87. The van der Waals surface area contributed by atoms with Crippen molar-refractivity contribution in [2.75, 3.05) is 0 Å². The van der Waals surface area contributed by atoms with Crippen LogP contribution in [0.1, 0.15) is 78.6 Å². The minimum absolute atomic E-state index is 0.0375. The zero-order valence-corrected chi connectivity index (χ0v) is 21.1. The van der Waals surface area contributed by atoms with E-state index in [9.17, 15) is 26.7 Å². The monoisotopic (exact) mass is 499 g/mol. The van der Waals surface area contributed by atoms with Crippen LogP contribution in [0.25, 0.3) is 0 Å². The van der Waals surface area contributed by atoms with E-state index in [1.54, 1.807) is 0 Å². The Morgan fingerprint density at radius 1 is 1.29 bits per heavy atom. The number of rotatable bonds is 12. The number of alkyl halides is 3. The number of carbonyl (C=O) groups excluding carboxylic acids is 1. The van der Waals surface area contributed by atoms with Crippen LogP contribution in [-0.2, 0) is 4.79 Å². The fraction of sp³-hybridized carbons (Fsp3) is 0.571. The molecular weight excluding hydrogens is 461 g/mol. The summed E-state index contributed by atoms with van der Waals surface area (Å²) in [6, 6.07) is 0. The molecule has 1 rings (SSSR count). The Bertz CT molecular complexity index is 865. The first-order chi connectivity index (χ1) is 16.3. The van der Waals surface area contributed by atoms with E-state index < -0.39 is 34.9 Å². The summed E-state index contributed by atoms with van der Waals surface area (Å²) in [5.41, 5.74) is -1.28. The largest absolute Gasteiger partial charge is 0.412 e. The third-order valence-electron chi connectivity index (χ3n) is 6.44. The normalized spacial score (nSPS) is 23.6. The Balaban J connectivity index is 3.56. The zero-order chi connectivity index (χ0) is 26.6. The minimum atomic E-state index is -4.52. The second-order valence-corrected chi connectivity index (χ2v) is 9.38. The van der Waals surface area contributed by atoms with Crippen LogP contribution in [-0.4, -0.2) is 23.2 Å². The second kappa shape index (κ2) is 14.3. The maximum absolute atomic E-state index is 14.5. The summed E-state index contributed by atoms with van der Waals surface area (Å²) in [5.74, 6) is -2.59. The van der Waals surface area contributed by atoms with Gasteiger partial charge in [-0.1, -0.05) is 52.0 Å². The van der Waals surface area contributed by atoms with Gasteiger partial charge in [-0.05, 0) is 57.6 Å². The van der Waals surface area contributed by atoms with Crippen molar-refractivity contribution in [3.05, 3.63) is 60.8 Å². The number of aliphatic imine (C=N–C) groups is 1. The van der Waals surface area contributed by atoms with Crippen LogP contribution < -0.4 is 0 Å². The molecule has 0 amide bonds. The fourth-order valence-corrected chi connectivity index (χ4v) is 4.14. The van der Waals surface area contributed by atoms with E-state index >= 15 is 0 Å². The highest BCUT2D eigenvalue weighted by Crippen LogP contribution is 2.40. The number of hydrogen-bond donors (Lipinski definition) is 0. The summed E-state index contributed by atoms with van der Waals surface area (Å²) < 4.78 is 67.5. The predicted molar refractivity (Wildman–Crippen MR) is 134 cm³/mol. The van der Waals surface area contributed by atoms with Crippen LogP contribution in [0.2, 0.25) is 0 Å². The molecule has 0 aromatic carbocycles. The standard InChI is InChI=1S/C28H38F5NO/c1-6-8-9-10-11-23(15-13-21(4)28(31,32)33)27(17-16-25(30)18-24(29)7-2)19-26(35)20(3)12-14-22(5)34-27/h7,10-11,16,18,20,23H,2,4,6,8-9,12-15,17,19H2,1,3,5H3/b11-10-,24-18+,25-16+,34-22?/t20?,23?,27-/m0/s1. The Kier molecular flexibility index (Phi) is 12.5. The predicted octanol–water partition coefficient (Wildman–Crippen LogP) is 9.12. The SMILES string of the molecule is C=C/C(F)=C\C(F)=C/C[C@@]1(C(/C=C\CCCC)CCC(=C)C(F)(F)F)CC(=O)C(C)CCC(C)=N1. The number of allylic oxidation sites excluding steroid dienone is 6. The molecule has 0 saturated heterocycles. The topological polar surface area (TPSA) is 29.4 Å². The molecule has 7 heteroatoms. The molecule has 1 aliphatic rings. The third-order valence-corrected chi connectivity index (χ3v) is 6.44. The molecule has 3 atom stereocenters. The minimum Gasteiger partial charge on any atom is -0.299 e. The molecule has 0 aromatic rings. The molecule has 0 bridgehead atoms. The van der Waals surface area contributed by atoms with Crippen molar-refractivity contribution in [2.24, 2.45) is 16.8 Å². The molecule has 0 aliphatic carbocycles. The van der Waals surface area contributed by atoms with Crippen molar-refractivity contribution >= 4 is 11.5 Å².